The molecule has 9 nitrogen and oxygen atoms in total. The number of nitrogens with zero attached hydrogens (tertiary/aromatic N) is 1. The van der Waals surface area contributed by atoms with Crippen LogP contribution in [0.4, 0.5) is 0 Å². The molecule has 0 radical (unpaired) electrons. The average molecular weight is 857 g/mol. The van der Waals surface area contributed by atoms with Crippen molar-refractivity contribution >= 4 is 19.8 Å². The quantitative estimate of drug-likeness (QED) is 0.0214. The Labute approximate surface area is 366 Å². The van der Waals surface area contributed by atoms with Gasteiger partial charge in [-0.2, -0.15) is 0 Å². The van der Waals surface area contributed by atoms with Crippen LogP contribution in [0.2, 0.25) is 0 Å². The van der Waals surface area contributed by atoms with Crippen molar-refractivity contribution in [3.63, 3.8) is 0 Å². The Morgan fingerprint density at radius 3 is 1.33 bits per heavy atom. The van der Waals surface area contributed by atoms with E-state index in [0.29, 0.717) is 23.9 Å². The van der Waals surface area contributed by atoms with Gasteiger partial charge in [0.1, 0.15) is 19.8 Å². The Balaban J connectivity index is 4.48. The number of hydrogen-bond acceptors (Lipinski definition) is 7. The summed E-state index contributed by atoms with van der Waals surface area (Å²) >= 11 is 0. The number of rotatable bonds is 39. The molecular weight excluding hydrogens is 774 g/mol. The number of carbonyl (C=O) groups is 2. The van der Waals surface area contributed by atoms with Crippen LogP contribution in [0.15, 0.2) is 109 Å². The van der Waals surface area contributed by atoms with E-state index in [2.05, 4.69) is 123 Å². The summed E-state index contributed by atoms with van der Waals surface area (Å²) in [6, 6.07) is 0. The minimum Gasteiger partial charge on any atom is -0.462 e. The molecule has 0 spiro atoms. The first kappa shape index (κ1) is 56.7. The molecule has 1 N–H and O–H groups in total. The maximum Gasteiger partial charge on any atom is 0.472 e. The summed E-state index contributed by atoms with van der Waals surface area (Å²) in [5, 5.41) is 0. The Bertz CT molecular complexity index is 1380. The second kappa shape index (κ2) is 41.0. The highest BCUT2D eigenvalue weighted by atomic mass is 31.2. The first-order valence-corrected chi connectivity index (χ1v) is 24.1. The number of esters is 2. The monoisotopic (exact) mass is 857 g/mol. The molecule has 0 saturated heterocycles. The van der Waals surface area contributed by atoms with Crippen molar-refractivity contribution in [1.29, 1.82) is 0 Å². The Hall–Kier alpha value is -3.33. The molecule has 0 aliphatic carbocycles. The molecular formula is C50H83NO8P+. The van der Waals surface area contributed by atoms with Gasteiger partial charge in [-0.25, -0.2) is 4.57 Å². The summed E-state index contributed by atoms with van der Waals surface area (Å²) in [5.74, 6) is -0.877. The van der Waals surface area contributed by atoms with E-state index in [1.54, 1.807) is 0 Å². The van der Waals surface area contributed by atoms with E-state index >= 15 is 0 Å². The molecule has 10 heteroatoms. The van der Waals surface area contributed by atoms with E-state index in [9.17, 15) is 19.0 Å². The van der Waals surface area contributed by atoms with Crippen LogP contribution in [-0.2, 0) is 32.7 Å². The fourth-order valence-electron chi connectivity index (χ4n) is 5.32. The number of likely N-dealkylation sites (N-methyl/N-ethyl adjacent to an activating group) is 1. The maximum atomic E-state index is 12.7. The lowest BCUT2D eigenvalue weighted by molar-refractivity contribution is -0.870. The summed E-state index contributed by atoms with van der Waals surface area (Å²) in [7, 11) is 1.42. The van der Waals surface area contributed by atoms with E-state index < -0.39 is 32.5 Å². The van der Waals surface area contributed by atoms with Gasteiger partial charge < -0.3 is 18.9 Å². The third-order valence-corrected chi connectivity index (χ3v) is 9.78. The van der Waals surface area contributed by atoms with Crippen molar-refractivity contribution in [3.05, 3.63) is 109 Å². The standard InChI is InChI=1S/C50H82NO8P/c1-6-8-10-12-14-16-18-20-22-24-25-27-28-30-32-34-36-38-40-42-49(52)56-46-48(47-58-60(54,55)57-45-44-51(3,4)5)59-50(53)43-41-39-37-35-33-31-29-26-23-21-19-17-15-13-11-9-7-2/h8-11,14-17,20-23,25,27,29-32,48H,6-7,12-13,18-19,24,26,28,33-47H2,1-5H3/p+1/b10-8-,11-9-,16-14-,17-15-,22-20-,23-21-,27-25-,31-29-,32-30-/t48-/m1/s1. The molecule has 0 bridgehead atoms. The summed E-state index contributed by atoms with van der Waals surface area (Å²) in [4.78, 5) is 35.4. The van der Waals surface area contributed by atoms with Gasteiger partial charge in [-0.15, -0.1) is 0 Å². The second-order valence-corrected chi connectivity index (χ2v) is 17.1. The number of quaternary nitrogens is 1. The molecule has 2 atom stereocenters. The molecule has 1 unspecified atom stereocenters. The minimum absolute atomic E-state index is 0.0140. The third kappa shape index (κ3) is 44.2. The zero-order valence-electron chi connectivity index (χ0n) is 38.1. The van der Waals surface area contributed by atoms with Gasteiger partial charge in [0.25, 0.3) is 0 Å². The van der Waals surface area contributed by atoms with E-state index in [-0.39, 0.29) is 26.1 Å². The molecule has 340 valence electrons. The minimum atomic E-state index is -4.40. The summed E-state index contributed by atoms with van der Waals surface area (Å²) in [6.45, 7) is 4.09. The fourth-order valence-corrected chi connectivity index (χ4v) is 6.06. The van der Waals surface area contributed by atoms with E-state index in [0.717, 1.165) is 103 Å². The van der Waals surface area contributed by atoms with Crippen LogP contribution in [-0.4, -0.2) is 74.9 Å². The van der Waals surface area contributed by atoms with Crippen molar-refractivity contribution in [1.82, 2.24) is 0 Å². The number of unbranched alkanes of at least 4 members (excludes halogenated alkanes) is 7. The second-order valence-electron chi connectivity index (χ2n) is 15.7. The number of phosphoric ester groups is 1. The van der Waals surface area contributed by atoms with Crippen molar-refractivity contribution in [2.45, 2.75) is 148 Å². The van der Waals surface area contributed by atoms with Gasteiger partial charge >= 0.3 is 19.8 Å². The van der Waals surface area contributed by atoms with Crippen LogP contribution in [0.3, 0.4) is 0 Å². The van der Waals surface area contributed by atoms with Crippen molar-refractivity contribution in [2.75, 3.05) is 47.5 Å². The highest BCUT2D eigenvalue weighted by molar-refractivity contribution is 7.47. The van der Waals surface area contributed by atoms with Gasteiger partial charge in [0.2, 0.25) is 0 Å². The highest BCUT2D eigenvalue weighted by Crippen LogP contribution is 2.43. The lowest BCUT2D eigenvalue weighted by Crippen LogP contribution is -2.37. The van der Waals surface area contributed by atoms with Gasteiger partial charge in [-0.1, -0.05) is 142 Å². The van der Waals surface area contributed by atoms with Crippen LogP contribution >= 0.6 is 7.82 Å². The zero-order chi connectivity index (χ0) is 44.3. The largest absolute Gasteiger partial charge is 0.472 e. The van der Waals surface area contributed by atoms with Gasteiger partial charge in [0.15, 0.2) is 6.10 Å². The first-order valence-electron chi connectivity index (χ1n) is 22.6. The van der Waals surface area contributed by atoms with Crippen LogP contribution in [0.25, 0.3) is 0 Å². The summed E-state index contributed by atoms with van der Waals surface area (Å²) in [5.41, 5.74) is 0. The number of allylic oxidation sites excluding steroid dienone is 18. The normalized spacial score (nSPS) is 14.6. The number of hydrogen-bond donors (Lipinski definition) is 1. The number of carbonyl (C=O) groups excluding carboxylic acids is 2. The summed E-state index contributed by atoms with van der Waals surface area (Å²) < 4.78 is 34.3. The van der Waals surface area contributed by atoms with Crippen molar-refractivity contribution in [3.8, 4) is 0 Å². The van der Waals surface area contributed by atoms with Gasteiger partial charge in [0.05, 0.1) is 27.7 Å². The van der Waals surface area contributed by atoms with Gasteiger partial charge in [-0.3, -0.25) is 18.6 Å². The Morgan fingerprint density at radius 2 is 0.900 bits per heavy atom. The van der Waals surface area contributed by atoms with Gasteiger partial charge in [-0.05, 0) is 96.3 Å². The lowest BCUT2D eigenvalue weighted by atomic mass is 10.1. The first-order chi connectivity index (χ1) is 29.0. The van der Waals surface area contributed by atoms with Gasteiger partial charge in [0, 0.05) is 12.8 Å². The van der Waals surface area contributed by atoms with E-state index in [4.69, 9.17) is 18.5 Å². The molecule has 60 heavy (non-hydrogen) atoms. The topological polar surface area (TPSA) is 108 Å². The van der Waals surface area contributed by atoms with Crippen LogP contribution in [0, 0.1) is 0 Å². The van der Waals surface area contributed by atoms with E-state index in [1.807, 2.05) is 21.1 Å². The molecule has 0 saturated carbocycles. The molecule has 0 aliphatic rings. The van der Waals surface area contributed by atoms with Crippen LogP contribution in [0.1, 0.15) is 142 Å². The molecule has 0 aliphatic heterocycles. The average Bonchev–Trinajstić information content (AvgIpc) is 3.20. The molecule has 0 aromatic heterocycles. The lowest BCUT2D eigenvalue weighted by Gasteiger charge is -2.24. The predicted molar refractivity (Wildman–Crippen MR) is 251 cm³/mol. The number of ether oxygens (including phenoxy) is 2. The van der Waals surface area contributed by atoms with E-state index in [1.165, 1.54) is 0 Å². The molecule has 0 fully saturated rings. The number of phosphoric acid groups is 1. The summed E-state index contributed by atoms with van der Waals surface area (Å²) in [6.07, 6.45) is 55.6. The molecule has 0 aromatic rings. The zero-order valence-corrected chi connectivity index (χ0v) is 39.0. The predicted octanol–water partition coefficient (Wildman–Crippen LogP) is 13.1. The fraction of sp³-hybridized carbons (Fsp3) is 0.600. The Kier molecular flexibility index (Phi) is 38.8. The molecule has 0 amide bonds. The van der Waals surface area contributed by atoms with Crippen molar-refractivity contribution < 1.29 is 42.1 Å². The highest BCUT2D eigenvalue weighted by Gasteiger charge is 2.27. The molecule has 0 heterocycles. The maximum absolute atomic E-state index is 12.7. The third-order valence-electron chi connectivity index (χ3n) is 8.80. The Morgan fingerprint density at radius 1 is 0.517 bits per heavy atom. The molecule has 0 aromatic carbocycles. The SMILES string of the molecule is CC/C=C\C/C=C\C/C=C\C/C=C\C/C=C\CCCCCC(=O)OC[C@H](COP(=O)(O)OCC[N+](C)(C)C)OC(=O)CCCCCC/C=C\C/C=C\C/C=C\C/C=C\CC. The van der Waals surface area contributed by atoms with Crippen LogP contribution in [0.5, 0.6) is 0 Å². The van der Waals surface area contributed by atoms with Crippen LogP contribution < -0.4 is 0 Å². The smallest absolute Gasteiger partial charge is 0.462 e. The molecule has 0 rings (SSSR count). The van der Waals surface area contributed by atoms with Crippen molar-refractivity contribution in [2.24, 2.45) is 0 Å².